The summed E-state index contributed by atoms with van der Waals surface area (Å²) in [7, 11) is 5.80. The maximum absolute atomic E-state index is 11.8. The minimum absolute atomic E-state index is 0.221. The summed E-state index contributed by atoms with van der Waals surface area (Å²) >= 11 is 1.50. The number of nitrogens with zero attached hydrogens (tertiary/aromatic N) is 2. The minimum atomic E-state index is -0.221. The standard InChI is InChI=1S/C17H28N2O2S/c1-6-19(14-9-7-13(8-10-14)18(3)4)15-11-22-16(12(15)2)17(20)21-5/h11,13-14H,6-10H2,1-5H3/t13-,14+. The molecule has 0 spiro atoms. The van der Waals surface area contributed by atoms with Gasteiger partial charge in [0.15, 0.2) is 0 Å². The molecule has 1 heterocycles. The lowest BCUT2D eigenvalue weighted by atomic mass is 9.89. The van der Waals surface area contributed by atoms with E-state index in [0.717, 1.165) is 17.0 Å². The number of methoxy groups -OCH3 is 1. The molecule has 1 aliphatic carbocycles. The summed E-state index contributed by atoms with van der Waals surface area (Å²) in [5.74, 6) is -0.221. The summed E-state index contributed by atoms with van der Waals surface area (Å²) in [4.78, 5) is 17.4. The molecule has 1 aliphatic rings. The largest absolute Gasteiger partial charge is 0.465 e. The number of hydrogen-bond acceptors (Lipinski definition) is 5. The van der Waals surface area contributed by atoms with E-state index in [2.05, 4.69) is 36.2 Å². The van der Waals surface area contributed by atoms with Crippen LogP contribution in [0.3, 0.4) is 0 Å². The van der Waals surface area contributed by atoms with Crippen LogP contribution in [0.2, 0.25) is 0 Å². The maximum atomic E-state index is 11.8. The van der Waals surface area contributed by atoms with E-state index in [9.17, 15) is 4.79 Å². The van der Waals surface area contributed by atoms with Crippen LogP contribution in [0, 0.1) is 6.92 Å². The van der Waals surface area contributed by atoms with Crippen LogP contribution in [0.5, 0.6) is 0 Å². The van der Waals surface area contributed by atoms with Crippen molar-refractivity contribution in [1.82, 2.24) is 4.90 Å². The molecule has 1 saturated carbocycles. The monoisotopic (exact) mass is 324 g/mol. The van der Waals surface area contributed by atoms with E-state index in [4.69, 9.17) is 4.74 Å². The van der Waals surface area contributed by atoms with Gasteiger partial charge in [-0.1, -0.05) is 0 Å². The lowest BCUT2D eigenvalue weighted by Crippen LogP contribution is -2.42. The fraction of sp³-hybridized carbons (Fsp3) is 0.706. The molecule has 0 aromatic carbocycles. The topological polar surface area (TPSA) is 32.8 Å². The summed E-state index contributed by atoms with van der Waals surface area (Å²) in [6.45, 7) is 5.22. The smallest absolute Gasteiger partial charge is 0.348 e. The van der Waals surface area contributed by atoms with Gasteiger partial charge in [0, 0.05) is 24.0 Å². The number of carbonyl (C=O) groups excluding carboxylic acids is 1. The van der Waals surface area contributed by atoms with Crippen LogP contribution >= 0.6 is 11.3 Å². The summed E-state index contributed by atoms with van der Waals surface area (Å²) in [6, 6.07) is 1.30. The fourth-order valence-corrected chi connectivity index (χ4v) is 4.50. The van der Waals surface area contributed by atoms with Gasteiger partial charge in [0.1, 0.15) is 4.88 Å². The van der Waals surface area contributed by atoms with Gasteiger partial charge in [0.2, 0.25) is 0 Å². The molecule has 1 aromatic rings. The Morgan fingerprint density at radius 2 is 1.86 bits per heavy atom. The number of carbonyl (C=O) groups is 1. The predicted octanol–water partition coefficient (Wildman–Crippen LogP) is 3.54. The van der Waals surface area contributed by atoms with Crippen molar-refractivity contribution in [2.45, 2.75) is 51.6 Å². The number of esters is 1. The maximum Gasteiger partial charge on any atom is 0.348 e. The van der Waals surface area contributed by atoms with Crippen LogP contribution in [0.1, 0.15) is 47.8 Å². The fourth-order valence-electron chi connectivity index (χ4n) is 3.50. The summed E-state index contributed by atoms with van der Waals surface area (Å²) in [5.41, 5.74) is 2.27. The molecule has 0 N–H and O–H groups in total. The second-order valence-corrected chi connectivity index (χ2v) is 7.16. The van der Waals surface area contributed by atoms with Crippen molar-refractivity contribution in [2.24, 2.45) is 0 Å². The lowest BCUT2D eigenvalue weighted by molar-refractivity contribution is 0.0605. The van der Waals surface area contributed by atoms with E-state index in [1.807, 2.05) is 6.92 Å². The molecule has 0 bridgehead atoms. The van der Waals surface area contributed by atoms with Gasteiger partial charge in [0.05, 0.1) is 12.8 Å². The Balaban J connectivity index is 2.13. The normalized spacial score (nSPS) is 21.9. The average molecular weight is 324 g/mol. The first-order chi connectivity index (χ1) is 10.5. The quantitative estimate of drug-likeness (QED) is 0.776. The van der Waals surface area contributed by atoms with Gasteiger partial charge in [-0.2, -0.15) is 0 Å². The third-order valence-electron chi connectivity index (χ3n) is 4.87. The molecule has 2 rings (SSSR count). The molecule has 4 nitrogen and oxygen atoms in total. The molecule has 0 radical (unpaired) electrons. The molecule has 1 fully saturated rings. The van der Waals surface area contributed by atoms with Crippen LogP contribution in [0.4, 0.5) is 5.69 Å². The lowest BCUT2D eigenvalue weighted by Gasteiger charge is -2.39. The number of hydrogen-bond donors (Lipinski definition) is 0. The summed E-state index contributed by atoms with van der Waals surface area (Å²) < 4.78 is 4.88. The molecule has 22 heavy (non-hydrogen) atoms. The first-order valence-electron chi connectivity index (χ1n) is 8.09. The zero-order valence-corrected chi connectivity index (χ0v) is 15.2. The first kappa shape index (κ1) is 17.3. The van der Waals surface area contributed by atoms with Crippen molar-refractivity contribution in [3.8, 4) is 0 Å². The first-order valence-corrected chi connectivity index (χ1v) is 8.97. The van der Waals surface area contributed by atoms with Gasteiger partial charge in [-0.25, -0.2) is 4.79 Å². The SMILES string of the molecule is CCN(c1csc(C(=O)OC)c1C)[C@H]1CC[C@@H](N(C)C)CC1. The van der Waals surface area contributed by atoms with E-state index >= 15 is 0 Å². The van der Waals surface area contributed by atoms with Crippen molar-refractivity contribution in [2.75, 3.05) is 32.6 Å². The van der Waals surface area contributed by atoms with E-state index < -0.39 is 0 Å². The van der Waals surface area contributed by atoms with Crippen molar-refractivity contribution in [1.29, 1.82) is 0 Å². The number of anilines is 1. The highest BCUT2D eigenvalue weighted by atomic mass is 32.1. The van der Waals surface area contributed by atoms with Gasteiger partial charge in [-0.05, 0) is 59.2 Å². The van der Waals surface area contributed by atoms with Crippen LogP contribution < -0.4 is 4.90 Å². The third-order valence-corrected chi connectivity index (χ3v) is 5.92. The second-order valence-electron chi connectivity index (χ2n) is 6.28. The van der Waals surface area contributed by atoms with Gasteiger partial charge in [-0.3, -0.25) is 0 Å². The molecule has 124 valence electrons. The van der Waals surface area contributed by atoms with Crippen LogP contribution in [-0.2, 0) is 4.74 Å². The highest BCUT2D eigenvalue weighted by Crippen LogP contribution is 2.35. The zero-order valence-electron chi connectivity index (χ0n) is 14.4. The Kier molecular flexibility index (Phi) is 5.87. The van der Waals surface area contributed by atoms with Crippen molar-refractivity contribution in [3.63, 3.8) is 0 Å². The second kappa shape index (κ2) is 7.47. The minimum Gasteiger partial charge on any atom is -0.465 e. The molecule has 0 aliphatic heterocycles. The molecule has 5 heteroatoms. The van der Waals surface area contributed by atoms with Gasteiger partial charge >= 0.3 is 5.97 Å². The average Bonchev–Trinajstić information content (AvgIpc) is 2.90. The van der Waals surface area contributed by atoms with Crippen LogP contribution in [0.25, 0.3) is 0 Å². The van der Waals surface area contributed by atoms with E-state index in [1.165, 1.54) is 49.8 Å². The number of ether oxygens (including phenoxy) is 1. The number of thiophene rings is 1. The highest BCUT2D eigenvalue weighted by molar-refractivity contribution is 7.12. The van der Waals surface area contributed by atoms with Gasteiger partial charge < -0.3 is 14.5 Å². The predicted molar refractivity (Wildman–Crippen MR) is 93.1 cm³/mol. The van der Waals surface area contributed by atoms with Crippen molar-refractivity contribution in [3.05, 3.63) is 15.8 Å². The molecule has 0 amide bonds. The van der Waals surface area contributed by atoms with E-state index in [0.29, 0.717) is 12.1 Å². The van der Waals surface area contributed by atoms with Gasteiger partial charge in [0.25, 0.3) is 0 Å². The molecule has 0 unspecified atom stereocenters. The number of rotatable bonds is 5. The summed E-state index contributed by atoms with van der Waals surface area (Å²) in [6.07, 6.45) is 4.95. The van der Waals surface area contributed by atoms with E-state index in [-0.39, 0.29) is 5.97 Å². The Morgan fingerprint density at radius 1 is 1.27 bits per heavy atom. The van der Waals surface area contributed by atoms with Crippen molar-refractivity contribution >= 4 is 23.0 Å². The van der Waals surface area contributed by atoms with Gasteiger partial charge in [-0.15, -0.1) is 11.3 Å². The Hall–Kier alpha value is -1.07. The highest BCUT2D eigenvalue weighted by Gasteiger charge is 2.28. The summed E-state index contributed by atoms with van der Waals surface area (Å²) in [5, 5.41) is 2.11. The molecular formula is C17H28N2O2S. The Labute approximate surface area is 138 Å². The third kappa shape index (κ3) is 3.46. The molecule has 1 aromatic heterocycles. The van der Waals surface area contributed by atoms with E-state index in [1.54, 1.807) is 0 Å². The van der Waals surface area contributed by atoms with Crippen LogP contribution in [0.15, 0.2) is 5.38 Å². The van der Waals surface area contributed by atoms with Crippen LogP contribution in [-0.4, -0.2) is 50.7 Å². The zero-order chi connectivity index (χ0) is 16.3. The molecular weight excluding hydrogens is 296 g/mol. The van der Waals surface area contributed by atoms with Crippen molar-refractivity contribution < 1.29 is 9.53 Å². The molecule has 0 saturated heterocycles. The molecule has 0 atom stereocenters. The Morgan fingerprint density at radius 3 is 2.36 bits per heavy atom. The Bertz CT molecular complexity index is 505.